The topological polar surface area (TPSA) is 21.3 Å². The third-order valence-electron chi connectivity index (χ3n) is 8.81. The van der Waals surface area contributed by atoms with Crippen molar-refractivity contribution in [3.05, 3.63) is 136 Å². The largest absolute Gasteiger partial charge is 0.460 e. The first kappa shape index (κ1) is 32.1. The molecule has 0 aromatic heterocycles. The molecule has 1 aliphatic carbocycles. The molecule has 0 saturated carbocycles. The Morgan fingerprint density at radius 2 is 1.63 bits per heavy atom. The van der Waals surface area contributed by atoms with Crippen LogP contribution in [0.4, 0.5) is 0 Å². The second-order valence-corrected chi connectivity index (χ2v) is 13.5. The van der Waals surface area contributed by atoms with Gasteiger partial charge in [0.25, 0.3) is 0 Å². The molecular formula is C41H51NO. The van der Waals surface area contributed by atoms with Crippen LogP contribution in [0, 0.1) is 5.41 Å². The van der Waals surface area contributed by atoms with Gasteiger partial charge in [-0.15, -0.1) is 0 Å². The van der Waals surface area contributed by atoms with Gasteiger partial charge < -0.3 is 10.1 Å². The molecule has 2 aliphatic rings. The van der Waals surface area contributed by atoms with Gasteiger partial charge >= 0.3 is 0 Å². The van der Waals surface area contributed by atoms with Gasteiger partial charge in [0.2, 0.25) is 0 Å². The molecule has 1 aliphatic heterocycles. The highest BCUT2D eigenvalue weighted by molar-refractivity contribution is 5.75. The molecule has 0 amide bonds. The Morgan fingerprint density at radius 3 is 2.28 bits per heavy atom. The Kier molecular flexibility index (Phi) is 9.90. The van der Waals surface area contributed by atoms with Gasteiger partial charge in [0, 0.05) is 35.9 Å². The van der Waals surface area contributed by atoms with Crippen LogP contribution in [0.5, 0.6) is 5.75 Å². The molecule has 0 spiro atoms. The van der Waals surface area contributed by atoms with Crippen molar-refractivity contribution in [1.82, 2.24) is 5.32 Å². The van der Waals surface area contributed by atoms with E-state index in [4.69, 9.17) is 4.74 Å². The summed E-state index contributed by atoms with van der Waals surface area (Å²) in [5.41, 5.74) is 11.8. The third kappa shape index (κ3) is 6.74. The average Bonchev–Trinajstić information content (AvgIpc) is 3.50. The van der Waals surface area contributed by atoms with Crippen LogP contribution in [0.15, 0.2) is 109 Å². The number of allylic oxidation sites excluding steroid dienone is 6. The quantitative estimate of drug-likeness (QED) is 0.317. The van der Waals surface area contributed by atoms with Gasteiger partial charge in [-0.2, -0.15) is 0 Å². The van der Waals surface area contributed by atoms with Crippen LogP contribution in [0.2, 0.25) is 0 Å². The SMILES string of the molecule is C=C(/C=C1\Cc2c(C(C)c3cccc4c3C/C(=C\C=C/NC)C4(C)C)ccc(-c3ccccc3)c2O1)C(C)(C)C.CCC. The van der Waals surface area contributed by atoms with E-state index in [1.54, 1.807) is 0 Å². The molecule has 3 aromatic rings. The minimum Gasteiger partial charge on any atom is -0.460 e. The highest BCUT2D eigenvalue weighted by Gasteiger charge is 2.37. The number of ether oxygens (including phenoxy) is 1. The molecule has 0 fully saturated rings. The number of fused-ring (bicyclic) bond motifs is 2. The highest BCUT2D eigenvalue weighted by atomic mass is 16.5. The molecule has 5 rings (SSSR count). The van der Waals surface area contributed by atoms with Crippen molar-refractivity contribution >= 4 is 0 Å². The fourth-order valence-electron chi connectivity index (χ4n) is 6.10. The summed E-state index contributed by atoms with van der Waals surface area (Å²) < 4.78 is 6.66. The monoisotopic (exact) mass is 573 g/mol. The minimum atomic E-state index is -0.00544. The minimum absolute atomic E-state index is 0.00544. The first-order valence-electron chi connectivity index (χ1n) is 15.9. The summed E-state index contributed by atoms with van der Waals surface area (Å²) in [5.74, 6) is 2.22. The van der Waals surface area contributed by atoms with Crippen molar-refractivity contribution in [2.24, 2.45) is 5.41 Å². The van der Waals surface area contributed by atoms with Gasteiger partial charge in [0.05, 0.1) is 0 Å². The fraction of sp³-hybridized carbons (Fsp3) is 0.366. The molecule has 1 unspecified atom stereocenters. The van der Waals surface area contributed by atoms with Crippen molar-refractivity contribution in [3.8, 4) is 16.9 Å². The maximum Gasteiger partial charge on any atom is 0.138 e. The number of hydrogen-bond donors (Lipinski definition) is 1. The van der Waals surface area contributed by atoms with Gasteiger partial charge in [0.1, 0.15) is 11.5 Å². The van der Waals surface area contributed by atoms with Crippen LogP contribution in [0.1, 0.15) is 95.5 Å². The Balaban J connectivity index is 0.00000135. The van der Waals surface area contributed by atoms with E-state index in [0.29, 0.717) is 0 Å². The predicted octanol–water partition coefficient (Wildman–Crippen LogP) is 10.8. The molecule has 2 heteroatoms. The third-order valence-corrected chi connectivity index (χ3v) is 8.81. The van der Waals surface area contributed by atoms with Gasteiger partial charge in [-0.1, -0.05) is 141 Å². The lowest BCUT2D eigenvalue weighted by molar-refractivity contribution is 0.441. The maximum atomic E-state index is 6.66. The second-order valence-electron chi connectivity index (χ2n) is 13.5. The van der Waals surface area contributed by atoms with E-state index in [9.17, 15) is 0 Å². The number of hydrogen-bond acceptors (Lipinski definition) is 2. The van der Waals surface area contributed by atoms with Crippen molar-refractivity contribution in [2.75, 3.05) is 7.05 Å². The van der Waals surface area contributed by atoms with E-state index in [0.717, 1.165) is 35.5 Å². The number of nitrogens with one attached hydrogen (secondary N) is 1. The summed E-state index contributed by atoms with van der Waals surface area (Å²) in [4.78, 5) is 0. The molecule has 3 aromatic carbocycles. The molecular weight excluding hydrogens is 522 g/mol. The number of benzene rings is 3. The molecule has 0 radical (unpaired) electrons. The van der Waals surface area contributed by atoms with Crippen LogP contribution in [-0.2, 0) is 18.3 Å². The summed E-state index contributed by atoms with van der Waals surface area (Å²) in [6.45, 7) is 22.3. The van der Waals surface area contributed by atoms with Crippen molar-refractivity contribution in [2.45, 2.75) is 86.0 Å². The summed E-state index contributed by atoms with van der Waals surface area (Å²) in [6.07, 6.45) is 11.6. The predicted molar refractivity (Wildman–Crippen MR) is 186 cm³/mol. The molecule has 43 heavy (non-hydrogen) atoms. The van der Waals surface area contributed by atoms with E-state index < -0.39 is 0 Å². The summed E-state index contributed by atoms with van der Waals surface area (Å²) in [5, 5.41) is 3.11. The smallest absolute Gasteiger partial charge is 0.138 e. The Bertz CT molecular complexity index is 1540. The van der Waals surface area contributed by atoms with E-state index in [1.807, 2.05) is 13.2 Å². The molecule has 1 atom stereocenters. The first-order valence-corrected chi connectivity index (χ1v) is 15.9. The average molecular weight is 574 g/mol. The van der Waals surface area contributed by atoms with Crippen LogP contribution < -0.4 is 10.1 Å². The lowest BCUT2D eigenvalue weighted by Crippen LogP contribution is -2.15. The zero-order valence-electron chi connectivity index (χ0n) is 27.9. The summed E-state index contributed by atoms with van der Waals surface area (Å²) in [7, 11) is 1.94. The summed E-state index contributed by atoms with van der Waals surface area (Å²) >= 11 is 0. The van der Waals surface area contributed by atoms with E-state index in [1.165, 1.54) is 45.4 Å². The van der Waals surface area contributed by atoms with Crippen molar-refractivity contribution in [1.29, 1.82) is 0 Å². The zero-order chi connectivity index (χ0) is 31.4. The van der Waals surface area contributed by atoms with Crippen LogP contribution in [0.25, 0.3) is 11.1 Å². The van der Waals surface area contributed by atoms with E-state index in [-0.39, 0.29) is 16.7 Å². The second kappa shape index (κ2) is 13.2. The molecule has 2 nitrogen and oxygen atoms in total. The van der Waals surface area contributed by atoms with Crippen molar-refractivity contribution in [3.63, 3.8) is 0 Å². The molecule has 0 saturated heterocycles. The highest BCUT2D eigenvalue weighted by Crippen LogP contribution is 2.49. The van der Waals surface area contributed by atoms with E-state index >= 15 is 0 Å². The maximum absolute atomic E-state index is 6.66. The van der Waals surface area contributed by atoms with Gasteiger partial charge in [-0.25, -0.2) is 0 Å². The number of rotatable bonds is 6. The summed E-state index contributed by atoms with van der Waals surface area (Å²) in [6, 6.07) is 22.1. The fourth-order valence-corrected chi connectivity index (χ4v) is 6.10. The van der Waals surface area contributed by atoms with Crippen LogP contribution in [0.3, 0.4) is 0 Å². The molecule has 1 heterocycles. The van der Waals surface area contributed by atoms with Crippen LogP contribution >= 0.6 is 0 Å². The molecule has 226 valence electrons. The van der Waals surface area contributed by atoms with Crippen molar-refractivity contribution < 1.29 is 4.74 Å². The molecule has 1 N–H and O–H groups in total. The first-order chi connectivity index (χ1) is 20.4. The Morgan fingerprint density at radius 1 is 0.953 bits per heavy atom. The Hall–Kier alpha value is -3.78. The molecule has 0 bridgehead atoms. The van der Waals surface area contributed by atoms with E-state index in [2.05, 4.69) is 146 Å². The lowest BCUT2D eigenvalue weighted by Gasteiger charge is -2.23. The Labute approximate surface area is 261 Å². The van der Waals surface area contributed by atoms with Gasteiger partial charge in [-0.3, -0.25) is 0 Å². The van der Waals surface area contributed by atoms with Gasteiger partial charge in [-0.05, 0) is 63.6 Å². The standard InChI is InChI=1S/C38H43NO.C3H8/c1-25(37(3,4)5)22-29-24-34-31(19-20-32(36(34)40-29)27-14-10-9-11-15-27)26(2)30-17-12-18-35-33(30)23-28(38(35,6)7)16-13-21-39-8;1-3-2/h9-22,26,39H,1,23-24H2,2-8H3;3H2,1-2H3/b21-13-,28-16+,29-22+;. The lowest BCUT2D eigenvalue weighted by atomic mass is 9.80. The van der Waals surface area contributed by atoms with Crippen LogP contribution in [-0.4, -0.2) is 7.05 Å². The zero-order valence-corrected chi connectivity index (χ0v) is 27.9. The normalized spacial score (nSPS) is 17.7. The van der Waals surface area contributed by atoms with Gasteiger partial charge in [0.15, 0.2) is 0 Å².